The SMILES string of the molecule is CCOC.CNCCN(C)Cc1nn2c(c1C1CCC(CCC(F)(F)F)CC1)CC(F)(F)C2. The molecule has 1 aliphatic heterocycles. The Kier molecular flexibility index (Phi) is 10.6. The number of likely N-dealkylation sites (N-methyl/N-ethyl adjacent to an activating group) is 2. The number of fused-ring (bicyclic) bond motifs is 1. The Hall–Kier alpha value is -1.26. The molecule has 1 fully saturated rings. The summed E-state index contributed by atoms with van der Waals surface area (Å²) >= 11 is 0. The second-order valence-corrected chi connectivity index (χ2v) is 9.29. The number of methoxy groups -OCH3 is 1. The standard InChI is InChI=1S/C20H31F5N4.C3H8O/c1-26-9-10-28(2)12-16-18(17-11-19(21,22)13-29(17)27-16)15-5-3-14(4-6-15)7-8-20(23,24)25;1-3-4-2/h14-15,26H,3-13H2,1-2H3;3H2,1-2H3. The number of aromatic nitrogens is 2. The maximum absolute atomic E-state index is 14.0. The van der Waals surface area contributed by atoms with Crippen LogP contribution < -0.4 is 5.32 Å². The Labute approximate surface area is 194 Å². The summed E-state index contributed by atoms with van der Waals surface area (Å²) in [5.41, 5.74) is 2.42. The van der Waals surface area contributed by atoms with Gasteiger partial charge < -0.3 is 10.1 Å². The second kappa shape index (κ2) is 12.4. The van der Waals surface area contributed by atoms with Crippen LogP contribution in [0.1, 0.15) is 68.3 Å². The van der Waals surface area contributed by atoms with Crippen molar-refractivity contribution in [2.45, 2.75) is 83.0 Å². The van der Waals surface area contributed by atoms with E-state index in [1.165, 1.54) is 4.68 Å². The van der Waals surface area contributed by atoms with Crippen LogP contribution in [0.5, 0.6) is 0 Å². The van der Waals surface area contributed by atoms with Gasteiger partial charge in [-0.1, -0.05) is 0 Å². The fourth-order valence-corrected chi connectivity index (χ4v) is 4.74. The Morgan fingerprint density at radius 1 is 1.21 bits per heavy atom. The Morgan fingerprint density at radius 2 is 1.85 bits per heavy atom. The van der Waals surface area contributed by atoms with Crippen molar-refractivity contribution in [1.29, 1.82) is 0 Å². The fraction of sp³-hybridized carbons (Fsp3) is 0.870. The van der Waals surface area contributed by atoms with Crippen molar-refractivity contribution in [3.05, 3.63) is 17.0 Å². The van der Waals surface area contributed by atoms with Gasteiger partial charge in [0.15, 0.2) is 0 Å². The van der Waals surface area contributed by atoms with Crippen LogP contribution in [0.4, 0.5) is 22.0 Å². The second-order valence-electron chi connectivity index (χ2n) is 9.29. The lowest BCUT2D eigenvalue weighted by molar-refractivity contribution is -0.138. The minimum Gasteiger partial charge on any atom is -0.385 e. The number of rotatable bonds is 9. The maximum atomic E-state index is 14.0. The molecule has 1 N–H and O–H groups in total. The third-order valence-corrected chi connectivity index (χ3v) is 6.52. The summed E-state index contributed by atoms with van der Waals surface area (Å²) in [6.07, 6.45) is -2.03. The van der Waals surface area contributed by atoms with Crippen molar-refractivity contribution < 1.29 is 26.7 Å². The Balaban J connectivity index is 0.000000890. The first kappa shape index (κ1) is 28.0. The predicted molar refractivity (Wildman–Crippen MR) is 119 cm³/mol. The van der Waals surface area contributed by atoms with E-state index in [9.17, 15) is 22.0 Å². The number of hydrogen-bond donors (Lipinski definition) is 1. The van der Waals surface area contributed by atoms with Gasteiger partial charge in [-0.3, -0.25) is 9.58 Å². The molecule has 1 aromatic rings. The minimum absolute atomic E-state index is 0.0692. The van der Waals surface area contributed by atoms with Gasteiger partial charge in [-0.2, -0.15) is 18.3 Å². The summed E-state index contributed by atoms with van der Waals surface area (Å²) in [5, 5.41) is 7.62. The van der Waals surface area contributed by atoms with Gasteiger partial charge in [0.1, 0.15) is 6.54 Å². The number of hydrogen-bond acceptors (Lipinski definition) is 4. The average molecular weight is 483 g/mol. The molecular formula is C23H39F5N4O. The van der Waals surface area contributed by atoms with E-state index < -0.39 is 18.5 Å². The smallest absolute Gasteiger partial charge is 0.385 e. The van der Waals surface area contributed by atoms with Crippen LogP contribution in [0.3, 0.4) is 0 Å². The zero-order valence-corrected chi connectivity index (χ0v) is 20.3. The quantitative estimate of drug-likeness (QED) is 0.504. The molecule has 0 radical (unpaired) electrons. The molecule has 3 rings (SSSR count). The number of nitrogens with one attached hydrogen (secondary N) is 1. The third kappa shape index (κ3) is 8.79. The van der Waals surface area contributed by atoms with Crippen LogP contribution in [0.2, 0.25) is 0 Å². The number of ether oxygens (including phenoxy) is 1. The molecule has 0 unspecified atom stereocenters. The molecule has 2 aliphatic rings. The van der Waals surface area contributed by atoms with Crippen molar-refractivity contribution in [3.8, 4) is 0 Å². The summed E-state index contributed by atoms with van der Waals surface area (Å²) in [5.74, 6) is -2.58. The highest BCUT2D eigenvalue weighted by Crippen LogP contribution is 2.44. The van der Waals surface area contributed by atoms with Crippen LogP contribution in [-0.2, 0) is 24.2 Å². The Morgan fingerprint density at radius 3 is 2.39 bits per heavy atom. The van der Waals surface area contributed by atoms with Crippen molar-refractivity contribution in [3.63, 3.8) is 0 Å². The molecule has 192 valence electrons. The molecule has 0 bridgehead atoms. The highest BCUT2D eigenvalue weighted by molar-refractivity contribution is 5.34. The van der Waals surface area contributed by atoms with E-state index in [2.05, 4.69) is 20.1 Å². The van der Waals surface area contributed by atoms with Gasteiger partial charge in [0.05, 0.1) is 12.1 Å². The van der Waals surface area contributed by atoms with Crippen LogP contribution in [0.15, 0.2) is 0 Å². The van der Waals surface area contributed by atoms with E-state index in [0.717, 1.165) is 56.6 Å². The lowest BCUT2D eigenvalue weighted by Crippen LogP contribution is -2.28. The van der Waals surface area contributed by atoms with E-state index in [4.69, 9.17) is 0 Å². The minimum atomic E-state index is -4.11. The van der Waals surface area contributed by atoms with E-state index >= 15 is 0 Å². The van der Waals surface area contributed by atoms with Crippen LogP contribution in [-0.4, -0.2) is 67.7 Å². The monoisotopic (exact) mass is 482 g/mol. The van der Waals surface area contributed by atoms with Crippen LogP contribution >= 0.6 is 0 Å². The van der Waals surface area contributed by atoms with Gasteiger partial charge >= 0.3 is 6.18 Å². The molecular weight excluding hydrogens is 443 g/mol. The van der Waals surface area contributed by atoms with Gasteiger partial charge in [-0.15, -0.1) is 0 Å². The number of halogens is 5. The molecule has 2 heterocycles. The maximum Gasteiger partial charge on any atom is 0.389 e. The van der Waals surface area contributed by atoms with Gasteiger partial charge in [0.2, 0.25) is 0 Å². The first-order chi connectivity index (χ1) is 15.5. The molecule has 0 spiro atoms. The van der Waals surface area contributed by atoms with Gasteiger partial charge in [0.25, 0.3) is 5.92 Å². The molecule has 33 heavy (non-hydrogen) atoms. The highest BCUT2D eigenvalue weighted by Gasteiger charge is 2.43. The van der Waals surface area contributed by atoms with Crippen molar-refractivity contribution in [2.75, 3.05) is 40.9 Å². The average Bonchev–Trinajstić information content (AvgIpc) is 3.21. The molecule has 1 saturated carbocycles. The lowest BCUT2D eigenvalue weighted by Gasteiger charge is -2.30. The van der Waals surface area contributed by atoms with Crippen molar-refractivity contribution in [1.82, 2.24) is 20.0 Å². The molecule has 0 saturated heterocycles. The fourth-order valence-electron chi connectivity index (χ4n) is 4.74. The number of nitrogens with zero attached hydrogens (tertiary/aromatic N) is 3. The largest absolute Gasteiger partial charge is 0.389 e. The van der Waals surface area contributed by atoms with Gasteiger partial charge in [-0.25, -0.2) is 8.78 Å². The molecule has 0 aromatic carbocycles. The molecule has 1 aliphatic carbocycles. The highest BCUT2D eigenvalue weighted by atomic mass is 19.4. The normalized spacial score (nSPS) is 22.2. The van der Waals surface area contributed by atoms with Crippen molar-refractivity contribution in [2.24, 2.45) is 5.92 Å². The molecule has 10 heteroatoms. The van der Waals surface area contributed by atoms with Crippen molar-refractivity contribution >= 4 is 0 Å². The summed E-state index contributed by atoms with van der Waals surface area (Å²) in [6, 6.07) is 0. The lowest BCUT2D eigenvalue weighted by atomic mass is 9.76. The Bertz CT molecular complexity index is 712. The van der Waals surface area contributed by atoms with Gasteiger partial charge in [0, 0.05) is 51.0 Å². The van der Waals surface area contributed by atoms with E-state index in [1.54, 1.807) is 7.11 Å². The van der Waals surface area contributed by atoms with Crippen LogP contribution in [0, 0.1) is 5.92 Å². The third-order valence-electron chi connectivity index (χ3n) is 6.52. The molecule has 0 atom stereocenters. The predicted octanol–water partition coefficient (Wildman–Crippen LogP) is 4.99. The van der Waals surface area contributed by atoms with E-state index in [-0.39, 0.29) is 31.2 Å². The zero-order valence-electron chi connectivity index (χ0n) is 20.3. The summed E-state index contributed by atoms with van der Waals surface area (Å²) < 4.78 is 71.5. The first-order valence-corrected chi connectivity index (χ1v) is 11.8. The summed E-state index contributed by atoms with van der Waals surface area (Å²) in [4.78, 5) is 2.12. The van der Waals surface area contributed by atoms with E-state index in [0.29, 0.717) is 12.2 Å². The molecule has 0 amide bonds. The summed E-state index contributed by atoms with van der Waals surface area (Å²) in [6.45, 7) is 4.63. The molecule has 1 aromatic heterocycles. The van der Waals surface area contributed by atoms with Gasteiger partial charge in [-0.05, 0) is 65.0 Å². The van der Waals surface area contributed by atoms with E-state index in [1.807, 2.05) is 21.0 Å². The summed E-state index contributed by atoms with van der Waals surface area (Å²) in [7, 11) is 5.54. The topological polar surface area (TPSA) is 42.3 Å². The molecule has 5 nitrogen and oxygen atoms in total. The zero-order chi connectivity index (χ0) is 24.6. The number of alkyl halides is 5. The first-order valence-electron chi connectivity index (χ1n) is 11.8. The van der Waals surface area contributed by atoms with Crippen LogP contribution in [0.25, 0.3) is 0 Å².